The molecular weight excluding hydrogens is 198 g/mol. The molecule has 0 amide bonds. The lowest BCUT2D eigenvalue weighted by Gasteiger charge is -2.21. The zero-order valence-electron chi connectivity index (χ0n) is 11.0. The Labute approximate surface area is 99.4 Å². The molecule has 92 valence electrons. The lowest BCUT2D eigenvalue weighted by molar-refractivity contribution is 0.400. The molecule has 2 nitrogen and oxygen atoms in total. The molecule has 0 saturated carbocycles. The molecule has 0 aromatic carbocycles. The molecule has 0 aliphatic heterocycles. The predicted octanol–water partition coefficient (Wildman–Crippen LogP) is 3.93. The fourth-order valence-electron chi connectivity index (χ4n) is 2.08. The average molecular weight is 223 g/mol. The molecule has 0 radical (unpaired) electrons. The first-order valence-electron chi connectivity index (χ1n) is 6.52. The van der Waals surface area contributed by atoms with Crippen molar-refractivity contribution in [2.24, 2.45) is 5.92 Å². The van der Waals surface area contributed by atoms with Crippen LogP contribution >= 0.6 is 0 Å². The van der Waals surface area contributed by atoms with E-state index in [0.717, 1.165) is 24.6 Å². The van der Waals surface area contributed by atoms with E-state index in [2.05, 4.69) is 39.1 Å². The maximum atomic E-state index is 5.52. The Morgan fingerprint density at radius 1 is 1.31 bits per heavy atom. The molecule has 1 aromatic heterocycles. The molecule has 0 fully saturated rings. The number of rotatable bonds is 7. The molecule has 16 heavy (non-hydrogen) atoms. The molecule has 0 spiro atoms. The number of hydrogen-bond acceptors (Lipinski definition) is 2. The van der Waals surface area contributed by atoms with Crippen molar-refractivity contribution >= 4 is 0 Å². The number of aryl methyl sites for hydroxylation is 1. The van der Waals surface area contributed by atoms with Gasteiger partial charge in [-0.15, -0.1) is 0 Å². The topological polar surface area (TPSA) is 25.2 Å². The third-order valence-electron chi connectivity index (χ3n) is 3.26. The van der Waals surface area contributed by atoms with E-state index in [4.69, 9.17) is 4.42 Å². The van der Waals surface area contributed by atoms with Crippen LogP contribution in [0, 0.1) is 5.92 Å². The zero-order valence-corrected chi connectivity index (χ0v) is 11.0. The van der Waals surface area contributed by atoms with Gasteiger partial charge in [-0.2, -0.15) is 0 Å². The lowest BCUT2D eigenvalue weighted by Crippen LogP contribution is -2.23. The summed E-state index contributed by atoms with van der Waals surface area (Å²) in [5.41, 5.74) is 1.35. The fourth-order valence-corrected chi connectivity index (χ4v) is 2.08. The summed E-state index contributed by atoms with van der Waals surface area (Å²) in [6, 6.07) is 2.57. The van der Waals surface area contributed by atoms with E-state index in [1.54, 1.807) is 0 Å². The summed E-state index contributed by atoms with van der Waals surface area (Å²) in [6.45, 7) is 9.89. The van der Waals surface area contributed by atoms with Crippen molar-refractivity contribution in [3.8, 4) is 0 Å². The first kappa shape index (κ1) is 13.3. The van der Waals surface area contributed by atoms with Gasteiger partial charge in [0.15, 0.2) is 0 Å². The Hall–Kier alpha value is -0.760. The van der Waals surface area contributed by atoms with Gasteiger partial charge < -0.3 is 9.73 Å². The molecule has 2 unspecified atom stereocenters. The highest BCUT2D eigenvalue weighted by molar-refractivity contribution is 5.21. The van der Waals surface area contributed by atoms with Crippen molar-refractivity contribution in [3.05, 3.63) is 23.7 Å². The van der Waals surface area contributed by atoms with Crippen molar-refractivity contribution in [3.63, 3.8) is 0 Å². The van der Waals surface area contributed by atoms with E-state index >= 15 is 0 Å². The molecule has 0 saturated heterocycles. The van der Waals surface area contributed by atoms with Gasteiger partial charge >= 0.3 is 0 Å². The second-order valence-corrected chi connectivity index (χ2v) is 4.51. The van der Waals surface area contributed by atoms with Gasteiger partial charge in [0.1, 0.15) is 5.76 Å². The Bertz CT molecular complexity index is 293. The third kappa shape index (κ3) is 3.38. The Morgan fingerprint density at radius 2 is 2.06 bits per heavy atom. The van der Waals surface area contributed by atoms with Gasteiger partial charge in [0.25, 0.3) is 0 Å². The van der Waals surface area contributed by atoms with E-state index in [-0.39, 0.29) is 0 Å². The quantitative estimate of drug-likeness (QED) is 0.757. The molecular formula is C14H25NO. The molecule has 1 rings (SSSR count). The minimum atomic E-state index is 0.452. The maximum Gasteiger partial charge on any atom is 0.108 e. The van der Waals surface area contributed by atoms with Crippen LogP contribution in [-0.2, 0) is 6.42 Å². The van der Waals surface area contributed by atoms with Crippen LogP contribution < -0.4 is 5.32 Å². The molecule has 1 N–H and O–H groups in total. The van der Waals surface area contributed by atoms with Crippen LogP contribution in [0.5, 0.6) is 0 Å². The van der Waals surface area contributed by atoms with Crippen LogP contribution in [0.15, 0.2) is 16.7 Å². The average Bonchev–Trinajstić information content (AvgIpc) is 2.76. The van der Waals surface area contributed by atoms with Crippen LogP contribution in [0.2, 0.25) is 0 Å². The van der Waals surface area contributed by atoms with Gasteiger partial charge in [0.2, 0.25) is 0 Å². The van der Waals surface area contributed by atoms with E-state index < -0.39 is 0 Å². The molecule has 0 aliphatic carbocycles. The normalized spacial score (nSPS) is 15.0. The summed E-state index contributed by atoms with van der Waals surface area (Å²) >= 11 is 0. The van der Waals surface area contributed by atoms with Gasteiger partial charge in [0, 0.05) is 18.0 Å². The van der Waals surface area contributed by atoms with Crippen LogP contribution in [-0.4, -0.2) is 6.54 Å². The van der Waals surface area contributed by atoms with Gasteiger partial charge in [-0.05, 0) is 24.9 Å². The summed E-state index contributed by atoms with van der Waals surface area (Å²) < 4.78 is 5.52. The van der Waals surface area contributed by atoms with Crippen molar-refractivity contribution in [1.29, 1.82) is 0 Å². The Kier molecular flexibility index (Phi) is 5.61. The Morgan fingerprint density at radius 3 is 2.62 bits per heavy atom. The molecule has 1 heterocycles. The summed E-state index contributed by atoms with van der Waals surface area (Å²) in [4.78, 5) is 0. The second kappa shape index (κ2) is 6.74. The van der Waals surface area contributed by atoms with E-state index in [0.29, 0.717) is 6.04 Å². The summed E-state index contributed by atoms with van der Waals surface area (Å²) in [7, 11) is 0. The first-order valence-corrected chi connectivity index (χ1v) is 6.52. The van der Waals surface area contributed by atoms with Crippen molar-refractivity contribution in [2.75, 3.05) is 6.54 Å². The number of nitrogens with one attached hydrogen (secondary N) is 1. The highest BCUT2D eigenvalue weighted by atomic mass is 16.3. The van der Waals surface area contributed by atoms with Gasteiger partial charge in [-0.3, -0.25) is 0 Å². The second-order valence-electron chi connectivity index (χ2n) is 4.51. The van der Waals surface area contributed by atoms with E-state index in [1.165, 1.54) is 18.4 Å². The van der Waals surface area contributed by atoms with Crippen molar-refractivity contribution in [2.45, 2.75) is 53.0 Å². The van der Waals surface area contributed by atoms with Crippen LogP contribution in [0.25, 0.3) is 0 Å². The summed E-state index contributed by atoms with van der Waals surface area (Å²) in [6.07, 6.45) is 5.22. The zero-order chi connectivity index (χ0) is 12.0. The SMILES string of the molecule is CCNC(CC(C)CC)c1ccoc1CC. The highest BCUT2D eigenvalue weighted by Crippen LogP contribution is 2.26. The van der Waals surface area contributed by atoms with Crippen LogP contribution in [0.3, 0.4) is 0 Å². The van der Waals surface area contributed by atoms with E-state index in [9.17, 15) is 0 Å². The van der Waals surface area contributed by atoms with E-state index in [1.807, 2.05) is 6.26 Å². The molecule has 1 aromatic rings. The standard InChI is InChI=1S/C14H25NO/c1-5-11(4)10-13(15-7-3)12-8-9-16-14(12)6-2/h8-9,11,13,15H,5-7,10H2,1-4H3. The Balaban J connectivity index is 2.76. The molecule has 2 atom stereocenters. The fraction of sp³-hybridized carbons (Fsp3) is 0.714. The highest BCUT2D eigenvalue weighted by Gasteiger charge is 2.18. The third-order valence-corrected chi connectivity index (χ3v) is 3.26. The summed E-state index contributed by atoms with van der Waals surface area (Å²) in [5, 5.41) is 3.56. The molecule has 0 aliphatic rings. The van der Waals surface area contributed by atoms with Gasteiger partial charge in [0.05, 0.1) is 6.26 Å². The largest absolute Gasteiger partial charge is 0.469 e. The number of furan rings is 1. The van der Waals surface area contributed by atoms with Crippen LogP contribution in [0.1, 0.15) is 57.9 Å². The molecule has 0 bridgehead atoms. The van der Waals surface area contributed by atoms with Gasteiger partial charge in [-0.25, -0.2) is 0 Å². The maximum absolute atomic E-state index is 5.52. The smallest absolute Gasteiger partial charge is 0.108 e. The summed E-state index contributed by atoms with van der Waals surface area (Å²) in [5.74, 6) is 1.89. The van der Waals surface area contributed by atoms with Gasteiger partial charge in [-0.1, -0.05) is 34.1 Å². The van der Waals surface area contributed by atoms with Crippen molar-refractivity contribution < 1.29 is 4.42 Å². The molecule has 2 heteroatoms. The van der Waals surface area contributed by atoms with Crippen LogP contribution in [0.4, 0.5) is 0 Å². The first-order chi connectivity index (χ1) is 7.72. The monoisotopic (exact) mass is 223 g/mol. The van der Waals surface area contributed by atoms with Crippen molar-refractivity contribution in [1.82, 2.24) is 5.32 Å². The lowest BCUT2D eigenvalue weighted by atomic mass is 9.94. The number of hydrogen-bond donors (Lipinski definition) is 1. The minimum Gasteiger partial charge on any atom is -0.469 e. The predicted molar refractivity (Wildman–Crippen MR) is 68.6 cm³/mol. The minimum absolute atomic E-state index is 0.452.